The van der Waals surface area contributed by atoms with Crippen molar-refractivity contribution in [3.63, 3.8) is 0 Å². The van der Waals surface area contributed by atoms with Crippen molar-refractivity contribution in [2.45, 2.75) is 59.8 Å². The van der Waals surface area contributed by atoms with Gasteiger partial charge in [0.15, 0.2) is 0 Å². The molecule has 0 fully saturated rings. The summed E-state index contributed by atoms with van der Waals surface area (Å²) in [6, 6.07) is 0. The number of hydrogen-bond donors (Lipinski definition) is 0. The van der Waals surface area contributed by atoms with E-state index in [1.165, 1.54) is 12.8 Å². The molecule has 0 heterocycles. The molecular weight excluding hydrogens is 232 g/mol. The van der Waals surface area contributed by atoms with E-state index in [2.05, 4.69) is 32.6 Å². The second-order valence-electron chi connectivity index (χ2n) is 5.07. The summed E-state index contributed by atoms with van der Waals surface area (Å²) in [5.41, 5.74) is 0. The fourth-order valence-electron chi connectivity index (χ4n) is 1.48. The van der Waals surface area contributed by atoms with Gasteiger partial charge in [0, 0.05) is 0 Å². The van der Waals surface area contributed by atoms with E-state index in [1.807, 2.05) is 0 Å². The van der Waals surface area contributed by atoms with Crippen molar-refractivity contribution in [3.05, 3.63) is 0 Å². The molecule has 0 aromatic rings. The zero-order valence-corrected chi connectivity index (χ0v) is 12.2. The van der Waals surface area contributed by atoms with Crippen LogP contribution in [0.25, 0.3) is 0 Å². The number of ether oxygens (including phenoxy) is 1. The molecule has 0 radical (unpaired) electrons. The summed E-state index contributed by atoms with van der Waals surface area (Å²) in [7, 11) is 0. The van der Waals surface area contributed by atoms with Crippen LogP contribution in [0.4, 0.5) is 4.79 Å². The quantitative estimate of drug-likeness (QED) is 0.333. The van der Waals surface area contributed by atoms with E-state index in [0.717, 1.165) is 19.3 Å². The van der Waals surface area contributed by atoms with E-state index < -0.39 is 6.16 Å². The first kappa shape index (κ1) is 17.2. The lowest BCUT2D eigenvalue weighted by Crippen LogP contribution is -2.14. The van der Waals surface area contributed by atoms with Crippen LogP contribution >= 0.6 is 0 Å². The Labute approximate surface area is 111 Å². The van der Waals surface area contributed by atoms with Crippen molar-refractivity contribution in [2.24, 2.45) is 11.8 Å². The Hall–Kier alpha value is -0.770. The highest BCUT2D eigenvalue weighted by molar-refractivity contribution is 5.58. The molecule has 1 atom stereocenters. The fraction of sp³-hybridized carbons (Fsp3) is 0.929. The van der Waals surface area contributed by atoms with Gasteiger partial charge in [-0.15, -0.1) is 0 Å². The summed E-state index contributed by atoms with van der Waals surface area (Å²) in [5, 5.41) is 0. The lowest BCUT2D eigenvalue weighted by molar-refractivity contribution is -0.262. The minimum atomic E-state index is -0.735. The van der Waals surface area contributed by atoms with Crippen LogP contribution in [0.5, 0.6) is 0 Å². The highest BCUT2D eigenvalue weighted by Gasteiger charge is 2.10. The Balaban J connectivity index is 3.53. The van der Waals surface area contributed by atoms with E-state index >= 15 is 0 Å². The Kier molecular flexibility index (Phi) is 10.8. The molecule has 0 aliphatic heterocycles. The van der Waals surface area contributed by atoms with Gasteiger partial charge in [-0.2, -0.15) is 4.89 Å². The zero-order chi connectivity index (χ0) is 13.8. The molecule has 0 aliphatic carbocycles. The maximum atomic E-state index is 11.1. The Bertz CT molecular complexity index is 204. The van der Waals surface area contributed by atoms with Gasteiger partial charge in [-0.3, -0.25) is 4.89 Å². The average Bonchev–Trinajstić information content (AvgIpc) is 2.33. The lowest BCUT2D eigenvalue weighted by atomic mass is 10.0. The monoisotopic (exact) mass is 260 g/mol. The standard InChI is InChI=1S/C14H28O4/c1-5-7-8-13(6-2)11-17-18-14(15)16-10-9-12(3)4/h12-13H,5-11H2,1-4H3. The summed E-state index contributed by atoms with van der Waals surface area (Å²) in [6.07, 6.45) is 4.60. The largest absolute Gasteiger partial charge is 0.540 e. The second kappa shape index (κ2) is 11.3. The molecule has 0 aromatic carbocycles. The maximum absolute atomic E-state index is 11.1. The Morgan fingerprint density at radius 3 is 2.44 bits per heavy atom. The van der Waals surface area contributed by atoms with E-state index in [0.29, 0.717) is 25.0 Å². The first-order valence-corrected chi connectivity index (χ1v) is 7.06. The molecule has 4 nitrogen and oxygen atoms in total. The maximum Gasteiger partial charge on any atom is 0.540 e. The second-order valence-corrected chi connectivity index (χ2v) is 5.07. The van der Waals surface area contributed by atoms with Crippen LogP contribution in [0.3, 0.4) is 0 Å². The van der Waals surface area contributed by atoms with Gasteiger partial charge in [-0.25, -0.2) is 4.79 Å². The zero-order valence-electron chi connectivity index (χ0n) is 12.2. The number of unbranched alkanes of at least 4 members (excludes halogenated alkanes) is 1. The van der Waals surface area contributed by atoms with Crippen molar-refractivity contribution in [2.75, 3.05) is 13.2 Å². The van der Waals surface area contributed by atoms with Crippen LogP contribution < -0.4 is 0 Å². The topological polar surface area (TPSA) is 44.8 Å². The van der Waals surface area contributed by atoms with Crippen molar-refractivity contribution >= 4 is 6.16 Å². The smallest absolute Gasteiger partial charge is 0.432 e. The van der Waals surface area contributed by atoms with E-state index in [-0.39, 0.29) is 0 Å². The summed E-state index contributed by atoms with van der Waals surface area (Å²) >= 11 is 0. The van der Waals surface area contributed by atoms with Gasteiger partial charge in [0.05, 0.1) is 13.2 Å². The van der Waals surface area contributed by atoms with Crippen LogP contribution in [0, 0.1) is 11.8 Å². The van der Waals surface area contributed by atoms with Crippen molar-refractivity contribution in [1.82, 2.24) is 0 Å². The van der Waals surface area contributed by atoms with Crippen LogP contribution in [0.2, 0.25) is 0 Å². The van der Waals surface area contributed by atoms with E-state index in [9.17, 15) is 4.79 Å². The van der Waals surface area contributed by atoms with Crippen LogP contribution in [0.1, 0.15) is 59.8 Å². The molecule has 0 saturated heterocycles. The number of carbonyl (C=O) groups is 1. The summed E-state index contributed by atoms with van der Waals surface area (Å²) in [4.78, 5) is 20.6. The highest BCUT2D eigenvalue weighted by atomic mass is 17.2. The molecule has 108 valence electrons. The third kappa shape index (κ3) is 10.4. The third-order valence-corrected chi connectivity index (χ3v) is 2.89. The first-order chi connectivity index (χ1) is 8.60. The van der Waals surface area contributed by atoms with Crippen LogP contribution in [-0.2, 0) is 14.5 Å². The number of carbonyl (C=O) groups excluding carboxylic acids is 1. The Morgan fingerprint density at radius 1 is 1.17 bits per heavy atom. The average molecular weight is 260 g/mol. The normalized spacial score (nSPS) is 12.5. The first-order valence-electron chi connectivity index (χ1n) is 7.06. The predicted molar refractivity (Wildman–Crippen MR) is 71.1 cm³/mol. The molecule has 0 aliphatic rings. The number of rotatable bonds is 10. The lowest BCUT2D eigenvalue weighted by Gasteiger charge is -2.13. The number of hydrogen-bond acceptors (Lipinski definition) is 4. The SMILES string of the molecule is CCCCC(CC)COOC(=O)OCCC(C)C. The summed E-state index contributed by atoms with van der Waals surface area (Å²) in [5.74, 6) is 0.964. The minimum Gasteiger partial charge on any atom is -0.432 e. The van der Waals surface area contributed by atoms with Gasteiger partial charge in [-0.1, -0.05) is 47.0 Å². The summed E-state index contributed by atoms with van der Waals surface area (Å²) in [6.45, 7) is 9.26. The van der Waals surface area contributed by atoms with Gasteiger partial charge < -0.3 is 4.74 Å². The molecule has 1 unspecified atom stereocenters. The molecule has 0 saturated carbocycles. The minimum absolute atomic E-state index is 0.382. The van der Waals surface area contributed by atoms with Gasteiger partial charge in [0.2, 0.25) is 0 Å². The Morgan fingerprint density at radius 2 is 1.89 bits per heavy atom. The van der Waals surface area contributed by atoms with Crippen molar-refractivity contribution < 1.29 is 19.3 Å². The van der Waals surface area contributed by atoms with Crippen molar-refractivity contribution in [3.8, 4) is 0 Å². The molecule has 0 bridgehead atoms. The molecule has 18 heavy (non-hydrogen) atoms. The van der Waals surface area contributed by atoms with Crippen molar-refractivity contribution in [1.29, 1.82) is 0 Å². The molecule has 0 amide bonds. The van der Waals surface area contributed by atoms with E-state index in [4.69, 9.17) is 9.62 Å². The third-order valence-electron chi connectivity index (χ3n) is 2.89. The molecule has 0 spiro atoms. The molecule has 0 rings (SSSR count). The molecule has 4 heteroatoms. The molecule has 0 aromatic heterocycles. The van der Waals surface area contributed by atoms with Gasteiger partial charge in [0.1, 0.15) is 0 Å². The van der Waals surface area contributed by atoms with Crippen LogP contribution in [0.15, 0.2) is 0 Å². The van der Waals surface area contributed by atoms with Crippen LogP contribution in [-0.4, -0.2) is 19.4 Å². The van der Waals surface area contributed by atoms with Gasteiger partial charge in [0.25, 0.3) is 0 Å². The van der Waals surface area contributed by atoms with Gasteiger partial charge in [-0.05, 0) is 24.7 Å². The molecule has 0 N–H and O–H groups in total. The van der Waals surface area contributed by atoms with E-state index in [1.54, 1.807) is 0 Å². The molecular formula is C14H28O4. The highest BCUT2D eigenvalue weighted by Crippen LogP contribution is 2.13. The van der Waals surface area contributed by atoms with Gasteiger partial charge >= 0.3 is 6.16 Å². The summed E-state index contributed by atoms with van der Waals surface area (Å²) < 4.78 is 4.86. The predicted octanol–water partition coefficient (Wildman–Crippen LogP) is 4.33. The fourth-order valence-corrected chi connectivity index (χ4v) is 1.48.